The fourth-order valence-electron chi connectivity index (χ4n) is 0.548. The lowest BCUT2D eigenvalue weighted by molar-refractivity contribution is -0.882. The second-order valence-electron chi connectivity index (χ2n) is 2.96. The summed E-state index contributed by atoms with van der Waals surface area (Å²) in [5.41, 5.74) is 0.259. The van der Waals surface area contributed by atoms with Crippen LogP contribution in [0.2, 0.25) is 0 Å². The molecule has 0 heterocycles. The van der Waals surface area contributed by atoms with E-state index in [1.807, 2.05) is 0 Å². The van der Waals surface area contributed by atoms with Crippen molar-refractivity contribution < 1.29 is 16.9 Å². The molecule has 0 rings (SSSR count). The van der Waals surface area contributed by atoms with E-state index in [1.165, 1.54) is 0 Å². The average Bonchev–Trinajstić information content (AvgIpc) is 1.62. The molecule has 0 fully saturated rings. The van der Waals surface area contributed by atoms with Crippen molar-refractivity contribution in [2.45, 2.75) is 18.8 Å². The lowest BCUT2D eigenvalue weighted by atomic mass is 10.4. The van der Waals surface area contributed by atoms with Gasteiger partial charge in [0.2, 0.25) is 0 Å². The first-order valence-corrected chi connectivity index (χ1v) is 3.37. The van der Waals surface area contributed by atoms with Crippen LogP contribution in [0.5, 0.6) is 0 Å². The van der Waals surface area contributed by atoms with Gasteiger partial charge in [-0.1, -0.05) is 18.5 Å². The summed E-state index contributed by atoms with van der Waals surface area (Å²) in [7, 11) is 6.30. The summed E-state index contributed by atoms with van der Waals surface area (Å²) in [5.74, 6) is 0. The molecule has 1 nitrogen and oxygen atoms in total. The van der Waals surface area contributed by atoms with Crippen LogP contribution in [-0.2, 0) is 0 Å². The molecule has 58 valence electrons. The maximum absolute atomic E-state index is 5.91. The Hall–Kier alpha value is 0.540. The molecule has 0 aliphatic carbocycles. The molecule has 0 N–H and O–H groups in total. The number of hydrogen-bond acceptors (Lipinski definition) is 0. The Bertz CT molecular complexity index is 67.9. The maximum atomic E-state index is 5.91. The van der Waals surface area contributed by atoms with Crippen molar-refractivity contribution >= 4 is 11.6 Å². The second kappa shape index (κ2) is 4.37. The summed E-state index contributed by atoms with van der Waals surface area (Å²) >= 11 is 5.91. The third-order valence-corrected chi connectivity index (χ3v) is 2.07. The van der Waals surface area contributed by atoms with Gasteiger partial charge in [0.1, 0.15) is 0 Å². The van der Waals surface area contributed by atoms with Crippen molar-refractivity contribution in [3.63, 3.8) is 0 Å². The van der Waals surface area contributed by atoms with Gasteiger partial charge >= 0.3 is 0 Å². The van der Waals surface area contributed by atoms with E-state index in [2.05, 4.69) is 28.1 Å². The predicted molar refractivity (Wildman–Crippen MR) is 38.0 cm³/mol. The van der Waals surface area contributed by atoms with Crippen LogP contribution in [0.3, 0.4) is 0 Å². The van der Waals surface area contributed by atoms with Gasteiger partial charge in [-0.2, -0.15) is 0 Å². The predicted octanol–water partition coefficient (Wildman–Crippen LogP) is -1.33. The number of rotatable bonds is 2. The van der Waals surface area contributed by atoms with E-state index in [0.717, 1.165) is 10.9 Å². The highest BCUT2D eigenvalue weighted by atomic mass is 35.5. The molecule has 0 aromatic rings. The number of nitrogens with zero attached hydrogens (tertiary/aromatic N) is 1. The molecule has 0 amide bonds. The molecule has 0 spiro atoms. The molecule has 0 aliphatic rings. The van der Waals surface area contributed by atoms with Crippen molar-refractivity contribution in [3.8, 4) is 0 Å². The van der Waals surface area contributed by atoms with Crippen molar-refractivity contribution in [2.75, 3.05) is 21.1 Å². The summed E-state index contributed by atoms with van der Waals surface area (Å²) in [6, 6.07) is 0. The molecule has 0 aromatic carbocycles. The van der Waals surface area contributed by atoms with Gasteiger partial charge in [-0.15, -0.1) is 0 Å². The van der Waals surface area contributed by atoms with Crippen LogP contribution < -0.4 is 12.4 Å². The molecule has 3 heteroatoms. The second-order valence-corrected chi connectivity index (χ2v) is 3.46. The van der Waals surface area contributed by atoms with Crippen molar-refractivity contribution in [2.24, 2.45) is 0 Å². The van der Waals surface area contributed by atoms with E-state index in [-0.39, 0.29) is 17.9 Å². The van der Waals surface area contributed by atoms with Crippen molar-refractivity contribution in [1.29, 1.82) is 0 Å². The van der Waals surface area contributed by atoms with Crippen LogP contribution in [0.4, 0.5) is 0 Å². The monoisotopic (exact) mass is 171 g/mol. The Balaban J connectivity index is 0. The lowest BCUT2D eigenvalue weighted by Crippen LogP contribution is -3.00. The zero-order chi connectivity index (χ0) is 6.78. The van der Waals surface area contributed by atoms with Crippen molar-refractivity contribution in [1.82, 2.24) is 0 Å². The third-order valence-electron chi connectivity index (χ3n) is 1.18. The topological polar surface area (TPSA) is 0 Å². The summed E-state index contributed by atoms with van der Waals surface area (Å²) in [6.07, 6.45) is 1.03. The van der Waals surface area contributed by atoms with Crippen LogP contribution in [0, 0.1) is 0 Å². The molecule has 0 aromatic heterocycles. The summed E-state index contributed by atoms with van der Waals surface area (Å²) in [5, 5.41) is 0. The third kappa shape index (κ3) is 5.01. The quantitative estimate of drug-likeness (QED) is 0.275. The van der Waals surface area contributed by atoms with Gasteiger partial charge in [0.15, 0.2) is 5.50 Å². The molecule has 1 atom stereocenters. The van der Waals surface area contributed by atoms with Crippen molar-refractivity contribution in [3.05, 3.63) is 0 Å². The Morgan fingerprint density at radius 1 is 1.33 bits per heavy atom. The van der Waals surface area contributed by atoms with Crippen LogP contribution >= 0.6 is 11.6 Å². The molecule has 9 heavy (non-hydrogen) atoms. The van der Waals surface area contributed by atoms with E-state index in [1.54, 1.807) is 0 Å². The number of hydrogen-bond donors (Lipinski definition) is 0. The average molecular weight is 172 g/mol. The van der Waals surface area contributed by atoms with E-state index < -0.39 is 0 Å². The smallest absolute Gasteiger partial charge is 0.164 e. The molecule has 0 bridgehead atoms. The van der Waals surface area contributed by atoms with Gasteiger partial charge in [-0.25, -0.2) is 0 Å². The largest absolute Gasteiger partial charge is 1.00 e. The summed E-state index contributed by atoms with van der Waals surface area (Å²) in [4.78, 5) is 0. The van der Waals surface area contributed by atoms with E-state index in [0.29, 0.717) is 0 Å². The van der Waals surface area contributed by atoms with Gasteiger partial charge in [0.05, 0.1) is 21.1 Å². The first kappa shape index (κ1) is 12.2. The lowest BCUT2D eigenvalue weighted by Gasteiger charge is -2.28. The molecular formula is C6H15Cl2N. The van der Waals surface area contributed by atoms with Gasteiger partial charge in [0.25, 0.3) is 0 Å². The minimum absolute atomic E-state index is 0. The Kier molecular flexibility index (Phi) is 5.94. The zero-order valence-electron chi connectivity index (χ0n) is 6.49. The Labute approximate surface area is 69.0 Å². The number of quaternary nitrogens is 1. The number of alkyl halides is 1. The van der Waals surface area contributed by atoms with Gasteiger partial charge in [-0.3, -0.25) is 0 Å². The molecular weight excluding hydrogens is 157 g/mol. The standard InChI is InChI=1S/C6H15ClN.ClH/c1-5-6(7)8(2,3)4;/h6H,5H2,1-4H3;1H/q+1;/p-1. The highest BCUT2D eigenvalue weighted by molar-refractivity contribution is 6.19. The van der Waals surface area contributed by atoms with Crippen LogP contribution in [0.25, 0.3) is 0 Å². The highest BCUT2D eigenvalue weighted by Gasteiger charge is 2.16. The van der Waals surface area contributed by atoms with E-state index in [9.17, 15) is 0 Å². The highest BCUT2D eigenvalue weighted by Crippen LogP contribution is 2.10. The van der Waals surface area contributed by atoms with Gasteiger partial charge in [0, 0.05) is 6.42 Å². The van der Waals surface area contributed by atoms with Gasteiger partial charge in [-0.05, 0) is 0 Å². The molecule has 0 saturated carbocycles. The zero-order valence-corrected chi connectivity index (χ0v) is 8.00. The fraction of sp³-hybridized carbons (Fsp3) is 1.00. The Morgan fingerprint density at radius 3 is 1.67 bits per heavy atom. The first-order chi connectivity index (χ1) is 3.48. The molecule has 0 aliphatic heterocycles. The fourth-order valence-corrected chi connectivity index (χ4v) is 0.548. The molecule has 0 saturated heterocycles. The molecule has 1 unspecified atom stereocenters. The van der Waals surface area contributed by atoms with Crippen LogP contribution in [0.15, 0.2) is 0 Å². The van der Waals surface area contributed by atoms with E-state index in [4.69, 9.17) is 11.6 Å². The number of halogens is 2. The summed E-state index contributed by atoms with van der Waals surface area (Å²) < 4.78 is 0.845. The SMILES string of the molecule is CCC(Cl)[N+](C)(C)C.[Cl-]. The first-order valence-electron chi connectivity index (χ1n) is 2.93. The maximum Gasteiger partial charge on any atom is 0.164 e. The Morgan fingerprint density at radius 2 is 1.67 bits per heavy atom. The van der Waals surface area contributed by atoms with Crippen LogP contribution in [0.1, 0.15) is 13.3 Å². The summed E-state index contributed by atoms with van der Waals surface area (Å²) in [6.45, 7) is 2.10. The van der Waals surface area contributed by atoms with Crippen LogP contribution in [-0.4, -0.2) is 31.1 Å². The van der Waals surface area contributed by atoms with Gasteiger partial charge < -0.3 is 16.9 Å². The normalized spacial score (nSPS) is 14.3. The molecule has 0 radical (unpaired) electrons. The minimum Gasteiger partial charge on any atom is -1.00 e. The minimum atomic E-state index is 0. The van der Waals surface area contributed by atoms with E-state index >= 15 is 0 Å².